The van der Waals surface area contributed by atoms with E-state index in [2.05, 4.69) is 38.3 Å². The van der Waals surface area contributed by atoms with E-state index < -0.39 is 0 Å². The summed E-state index contributed by atoms with van der Waals surface area (Å²) in [5, 5.41) is 2.97. The number of halogens is 1. The molecule has 3 aromatic carbocycles. The van der Waals surface area contributed by atoms with Crippen LogP contribution in [0.15, 0.2) is 93.1 Å². The van der Waals surface area contributed by atoms with Crippen LogP contribution >= 0.6 is 27.7 Å². The van der Waals surface area contributed by atoms with E-state index in [1.165, 1.54) is 11.8 Å². The summed E-state index contributed by atoms with van der Waals surface area (Å²) in [7, 11) is 2.04. The molecule has 7 heteroatoms. The van der Waals surface area contributed by atoms with Crippen LogP contribution in [0.4, 0.5) is 11.4 Å². The van der Waals surface area contributed by atoms with E-state index in [4.69, 9.17) is 0 Å². The third-order valence-electron chi connectivity index (χ3n) is 5.47. The van der Waals surface area contributed by atoms with Crippen molar-refractivity contribution in [3.05, 3.63) is 93.8 Å². The van der Waals surface area contributed by atoms with Crippen LogP contribution < -0.4 is 15.1 Å². The molecule has 0 aromatic heterocycles. The van der Waals surface area contributed by atoms with Crippen LogP contribution in [0.25, 0.3) is 6.08 Å². The van der Waals surface area contributed by atoms with Crippen molar-refractivity contribution in [1.82, 2.24) is 5.32 Å². The molecule has 0 spiro atoms. The molecule has 174 valence electrons. The van der Waals surface area contributed by atoms with Gasteiger partial charge in [-0.1, -0.05) is 70.2 Å². The van der Waals surface area contributed by atoms with Gasteiger partial charge in [0.1, 0.15) is 6.54 Å². The first-order chi connectivity index (χ1) is 16.5. The van der Waals surface area contributed by atoms with Gasteiger partial charge >= 0.3 is 0 Å². The number of carbonyl (C=O) groups is 2. The maximum absolute atomic E-state index is 13.3. The Bertz CT molecular complexity index is 1200. The summed E-state index contributed by atoms with van der Waals surface area (Å²) in [5.41, 5.74) is 2.84. The maximum atomic E-state index is 13.3. The molecule has 0 saturated carbocycles. The zero-order chi connectivity index (χ0) is 23.9. The van der Waals surface area contributed by atoms with E-state index in [1.54, 1.807) is 4.90 Å². The van der Waals surface area contributed by atoms with E-state index >= 15 is 0 Å². The minimum absolute atomic E-state index is 0.0131. The fourth-order valence-electron chi connectivity index (χ4n) is 3.72. The summed E-state index contributed by atoms with van der Waals surface area (Å²) in [6, 6.07) is 25.6. The summed E-state index contributed by atoms with van der Waals surface area (Å²) in [6.07, 6.45) is 2.68. The summed E-state index contributed by atoms with van der Waals surface area (Å²) in [5.74, 6) is -0.332. The van der Waals surface area contributed by atoms with Gasteiger partial charge in [-0.3, -0.25) is 14.5 Å². The Morgan fingerprint density at radius 3 is 2.62 bits per heavy atom. The first-order valence-electron chi connectivity index (χ1n) is 11.1. The van der Waals surface area contributed by atoms with E-state index in [0.717, 1.165) is 39.3 Å². The van der Waals surface area contributed by atoms with Crippen molar-refractivity contribution in [3.63, 3.8) is 0 Å². The number of anilines is 2. The van der Waals surface area contributed by atoms with E-state index in [0.29, 0.717) is 11.4 Å². The summed E-state index contributed by atoms with van der Waals surface area (Å²) < 4.78 is 0.949. The predicted octanol–water partition coefficient (Wildman–Crippen LogP) is 5.57. The smallest absolute Gasteiger partial charge is 0.265 e. The van der Waals surface area contributed by atoms with Crippen molar-refractivity contribution in [1.29, 1.82) is 0 Å². The molecule has 2 amide bonds. The maximum Gasteiger partial charge on any atom is 0.265 e. The highest BCUT2D eigenvalue weighted by Gasteiger charge is 2.30. The molecule has 1 aliphatic rings. The third kappa shape index (κ3) is 6.10. The summed E-state index contributed by atoms with van der Waals surface area (Å²) in [4.78, 5) is 31.3. The standard InChI is InChI=1S/C27H26BrN3O2S/c1-30(22-11-3-2-4-12-22)16-8-15-29-26(32)19-31-23-13-5-6-14-24(23)34-25(27(31)33)18-20-9-7-10-21(28)17-20/h2-7,9-14,17-18H,8,15-16,19H2,1H3,(H,29,32). The van der Waals surface area contributed by atoms with Gasteiger partial charge in [0.2, 0.25) is 5.91 Å². The molecule has 0 saturated heterocycles. The molecule has 0 fully saturated rings. The molecular formula is C27H26BrN3O2S. The molecule has 34 heavy (non-hydrogen) atoms. The van der Waals surface area contributed by atoms with Gasteiger partial charge in [-0.15, -0.1) is 0 Å². The van der Waals surface area contributed by atoms with Crippen LogP contribution in [-0.2, 0) is 9.59 Å². The Hall–Kier alpha value is -3.03. The van der Waals surface area contributed by atoms with Gasteiger partial charge in [-0.25, -0.2) is 0 Å². The number of amides is 2. The molecule has 0 radical (unpaired) electrons. The number of fused-ring (bicyclic) bond motifs is 1. The zero-order valence-electron chi connectivity index (χ0n) is 18.9. The van der Waals surface area contributed by atoms with Crippen molar-refractivity contribution < 1.29 is 9.59 Å². The highest BCUT2D eigenvalue weighted by molar-refractivity contribution is 9.10. The van der Waals surface area contributed by atoms with Crippen LogP contribution in [0, 0.1) is 0 Å². The highest BCUT2D eigenvalue weighted by Crippen LogP contribution is 2.42. The summed E-state index contributed by atoms with van der Waals surface area (Å²) >= 11 is 4.91. The van der Waals surface area contributed by atoms with Crippen molar-refractivity contribution in [2.24, 2.45) is 0 Å². The molecule has 1 aliphatic heterocycles. The summed E-state index contributed by atoms with van der Waals surface area (Å²) in [6.45, 7) is 1.36. The van der Waals surface area contributed by atoms with Crippen LogP contribution in [0.5, 0.6) is 0 Å². The molecule has 0 atom stereocenters. The van der Waals surface area contributed by atoms with E-state index in [1.807, 2.05) is 79.9 Å². The van der Waals surface area contributed by atoms with Gasteiger partial charge in [-0.05, 0) is 54.5 Å². The lowest BCUT2D eigenvalue weighted by Gasteiger charge is -2.30. The van der Waals surface area contributed by atoms with Crippen LogP contribution in [0.3, 0.4) is 0 Å². The SMILES string of the molecule is CN(CCCNC(=O)CN1C(=O)C(=Cc2cccc(Br)c2)Sc2ccccc21)c1ccccc1. The Labute approximate surface area is 213 Å². The molecule has 0 aliphatic carbocycles. The molecule has 1 N–H and O–H groups in total. The topological polar surface area (TPSA) is 52.7 Å². The van der Waals surface area contributed by atoms with Gasteiger partial charge in [0.05, 0.1) is 10.6 Å². The average molecular weight is 536 g/mol. The normalized spacial score (nSPS) is 14.1. The first kappa shape index (κ1) is 24.1. The second-order valence-electron chi connectivity index (χ2n) is 7.99. The second kappa shape index (κ2) is 11.4. The predicted molar refractivity (Wildman–Crippen MR) is 144 cm³/mol. The lowest BCUT2D eigenvalue weighted by Crippen LogP contribution is -2.43. The molecule has 4 rings (SSSR count). The minimum Gasteiger partial charge on any atom is -0.375 e. The number of rotatable bonds is 8. The van der Waals surface area contributed by atoms with Crippen molar-refractivity contribution in [2.75, 3.05) is 36.5 Å². The molecular weight excluding hydrogens is 510 g/mol. The average Bonchev–Trinajstić information content (AvgIpc) is 2.85. The first-order valence-corrected chi connectivity index (χ1v) is 12.7. The Morgan fingerprint density at radius 1 is 1.06 bits per heavy atom. The van der Waals surface area contributed by atoms with E-state index in [9.17, 15) is 9.59 Å². The van der Waals surface area contributed by atoms with Gasteiger partial charge in [0, 0.05) is 35.2 Å². The third-order valence-corrected chi connectivity index (χ3v) is 7.04. The fourth-order valence-corrected chi connectivity index (χ4v) is 5.20. The van der Waals surface area contributed by atoms with E-state index in [-0.39, 0.29) is 18.4 Å². The largest absolute Gasteiger partial charge is 0.375 e. The van der Waals surface area contributed by atoms with Crippen LogP contribution in [0.1, 0.15) is 12.0 Å². The zero-order valence-corrected chi connectivity index (χ0v) is 21.3. The molecule has 5 nitrogen and oxygen atoms in total. The number of benzene rings is 3. The Balaban J connectivity index is 1.39. The lowest BCUT2D eigenvalue weighted by molar-refractivity contribution is -0.122. The van der Waals surface area contributed by atoms with Crippen LogP contribution in [-0.4, -0.2) is 38.5 Å². The molecule has 0 unspecified atom stereocenters. The number of nitrogens with one attached hydrogen (secondary N) is 1. The monoisotopic (exact) mass is 535 g/mol. The van der Waals surface area contributed by atoms with Gasteiger partial charge < -0.3 is 10.2 Å². The minimum atomic E-state index is -0.167. The quantitative estimate of drug-likeness (QED) is 0.302. The molecule has 0 bridgehead atoms. The van der Waals surface area contributed by atoms with Crippen molar-refractivity contribution >= 4 is 57.0 Å². The fraction of sp³-hybridized carbons (Fsp3) is 0.185. The van der Waals surface area contributed by atoms with Crippen LogP contribution in [0.2, 0.25) is 0 Å². The molecule has 1 heterocycles. The Kier molecular flexibility index (Phi) is 8.08. The molecule has 3 aromatic rings. The van der Waals surface area contributed by atoms with Crippen molar-refractivity contribution in [2.45, 2.75) is 11.3 Å². The number of carbonyl (C=O) groups excluding carboxylic acids is 2. The van der Waals surface area contributed by atoms with Crippen molar-refractivity contribution in [3.8, 4) is 0 Å². The Morgan fingerprint density at radius 2 is 1.82 bits per heavy atom. The highest BCUT2D eigenvalue weighted by atomic mass is 79.9. The number of hydrogen-bond acceptors (Lipinski definition) is 4. The van der Waals surface area contributed by atoms with Gasteiger partial charge in [0.25, 0.3) is 5.91 Å². The number of para-hydroxylation sites is 2. The lowest BCUT2D eigenvalue weighted by atomic mass is 10.2. The second-order valence-corrected chi connectivity index (χ2v) is 9.98. The van der Waals surface area contributed by atoms with Gasteiger partial charge in [0.15, 0.2) is 0 Å². The number of nitrogens with zero attached hydrogens (tertiary/aromatic N) is 2. The number of hydrogen-bond donors (Lipinski definition) is 1. The van der Waals surface area contributed by atoms with Gasteiger partial charge in [-0.2, -0.15) is 0 Å². The number of thioether (sulfide) groups is 1.